The van der Waals surface area contributed by atoms with Crippen LogP contribution in [0.25, 0.3) is 10.7 Å². The van der Waals surface area contributed by atoms with Crippen molar-refractivity contribution in [1.82, 2.24) is 20.2 Å². The average Bonchev–Trinajstić information content (AvgIpc) is 3.35. The lowest BCUT2D eigenvalue weighted by atomic mass is 10.3. The van der Waals surface area contributed by atoms with Crippen LogP contribution >= 0.6 is 34.4 Å². The second kappa shape index (κ2) is 7.16. The third kappa shape index (κ3) is 3.66. The molecule has 0 aliphatic heterocycles. The fraction of sp³-hybridized carbons (Fsp3) is 0.0625. The Morgan fingerprint density at radius 1 is 1.04 bits per heavy atom. The monoisotopic (exact) mass is 371 g/mol. The molecular formula is C16H13N5S3. The van der Waals surface area contributed by atoms with Crippen LogP contribution in [0.4, 0.5) is 10.8 Å². The average molecular weight is 372 g/mol. The third-order valence-electron chi connectivity index (χ3n) is 3.15. The van der Waals surface area contributed by atoms with E-state index in [-0.39, 0.29) is 0 Å². The lowest BCUT2D eigenvalue weighted by molar-refractivity contribution is 0.972. The topological polar surface area (TPSA) is 66.5 Å². The van der Waals surface area contributed by atoms with Gasteiger partial charge in [-0.2, -0.15) is 0 Å². The van der Waals surface area contributed by atoms with Crippen LogP contribution in [0.1, 0.15) is 5.69 Å². The van der Waals surface area contributed by atoms with E-state index < -0.39 is 0 Å². The summed E-state index contributed by atoms with van der Waals surface area (Å²) in [6.07, 6.45) is 0. The highest BCUT2D eigenvalue weighted by Gasteiger charge is 2.09. The van der Waals surface area contributed by atoms with Gasteiger partial charge >= 0.3 is 0 Å². The maximum absolute atomic E-state index is 4.60. The van der Waals surface area contributed by atoms with Crippen molar-refractivity contribution in [3.8, 4) is 10.7 Å². The first-order valence-electron chi connectivity index (χ1n) is 7.22. The first-order chi connectivity index (χ1) is 11.9. The van der Waals surface area contributed by atoms with Gasteiger partial charge in [0.2, 0.25) is 5.16 Å². The van der Waals surface area contributed by atoms with E-state index in [1.165, 1.54) is 0 Å². The molecule has 0 aliphatic carbocycles. The zero-order valence-electron chi connectivity index (χ0n) is 12.5. The Labute approximate surface area is 151 Å². The van der Waals surface area contributed by atoms with Gasteiger partial charge in [0, 0.05) is 16.8 Å². The fourth-order valence-electron chi connectivity index (χ4n) is 2.05. The Morgan fingerprint density at radius 3 is 2.79 bits per heavy atom. The number of para-hydroxylation sites is 1. The third-order valence-corrected chi connectivity index (χ3v) is 5.71. The van der Waals surface area contributed by atoms with Crippen LogP contribution in [-0.2, 0) is 5.75 Å². The number of aromatic nitrogens is 4. The Bertz CT molecular complexity index is 899. The molecule has 3 heterocycles. The van der Waals surface area contributed by atoms with E-state index in [4.69, 9.17) is 0 Å². The number of hydrogen-bond acceptors (Lipinski definition) is 7. The highest BCUT2D eigenvalue weighted by atomic mass is 32.2. The second-order valence-electron chi connectivity index (χ2n) is 4.87. The first kappa shape index (κ1) is 15.4. The Balaban J connectivity index is 1.36. The number of thiophene rings is 1. The molecule has 0 saturated heterocycles. The predicted molar refractivity (Wildman–Crippen MR) is 101 cm³/mol. The smallest absolute Gasteiger partial charge is 0.209 e. The molecule has 3 aromatic heterocycles. The Hall–Kier alpha value is -2.16. The van der Waals surface area contributed by atoms with Gasteiger partial charge in [-0.25, -0.2) is 9.97 Å². The number of anilines is 2. The zero-order chi connectivity index (χ0) is 16.2. The van der Waals surface area contributed by atoms with Crippen LogP contribution in [0, 0.1) is 0 Å². The molecule has 0 aliphatic rings. The van der Waals surface area contributed by atoms with Crippen molar-refractivity contribution in [2.24, 2.45) is 0 Å². The van der Waals surface area contributed by atoms with Crippen LogP contribution in [-0.4, -0.2) is 20.2 Å². The van der Waals surface area contributed by atoms with Crippen molar-refractivity contribution in [2.75, 3.05) is 5.32 Å². The van der Waals surface area contributed by atoms with Gasteiger partial charge in [-0.05, 0) is 23.6 Å². The molecule has 24 heavy (non-hydrogen) atoms. The molecule has 0 fully saturated rings. The molecular weight excluding hydrogens is 358 g/mol. The van der Waals surface area contributed by atoms with Crippen molar-refractivity contribution < 1.29 is 0 Å². The van der Waals surface area contributed by atoms with Crippen LogP contribution < -0.4 is 5.32 Å². The molecule has 8 heteroatoms. The van der Waals surface area contributed by atoms with Gasteiger partial charge in [0.1, 0.15) is 0 Å². The SMILES string of the molecule is c1ccc(Nc2nc(CSc3n[nH]c(-c4cccs4)n3)cs2)cc1. The summed E-state index contributed by atoms with van der Waals surface area (Å²) in [4.78, 5) is 10.2. The number of nitrogens with zero attached hydrogens (tertiary/aromatic N) is 3. The number of nitrogens with one attached hydrogen (secondary N) is 2. The molecule has 0 amide bonds. The van der Waals surface area contributed by atoms with E-state index in [1.807, 2.05) is 47.8 Å². The quantitative estimate of drug-likeness (QED) is 0.466. The summed E-state index contributed by atoms with van der Waals surface area (Å²) in [5.41, 5.74) is 2.06. The maximum atomic E-state index is 4.60. The minimum Gasteiger partial charge on any atom is -0.332 e. The molecule has 5 nitrogen and oxygen atoms in total. The number of thiazole rings is 1. The highest BCUT2D eigenvalue weighted by Crippen LogP contribution is 2.27. The van der Waals surface area contributed by atoms with Gasteiger partial charge in [-0.15, -0.1) is 27.8 Å². The summed E-state index contributed by atoms with van der Waals surface area (Å²) in [5, 5.41) is 16.3. The van der Waals surface area contributed by atoms with Crippen LogP contribution in [0.2, 0.25) is 0 Å². The standard InChI is InChI=1S/C16H13N5S3/c1-2-5-11(6-3-1)17-15-18-12(9-23-15)10-24-16-19-14(20-21-16)13-7-4-8-22-13/h1-9H,10H2,(H,17,18)(H,19,20,21). The molecule has 120 valence electrons. The number of thioether (sulfide) groups is 1. The van der Waals surface area contributed by atoms with E-state index in [2.05, 4.69) is 30.9 Å². The van der Waals surface area contributed by atoms with E-state index in [0.29, 0.717) is 0 Å². The molecule has 0 spiro atoms. The van der Waals surface area contributed by atoms with Crippen LogP contribution in [0.15, 0.2) is 58.4 Å². The van der Waals surface area contributed by atoms with Crippen molar-refractivity contribution >= 4 is 45.3 Å². The zero-order valence-corrected chi connectivity index (χ0v) is 14.9. The number of aromatic amines is 1. The molecule has 4 aromatic rings. The predicted octanol–water partition coefficient (Wildman–Crippen LogP) is 5.03. The minimum absolute atomic E-state index is 0.740. The van der Waals surface area contributed by atoms with Gasteiger partial charge in [0.15, 0.2) is 11.0 Å². The molecule has 0 unspecified atom stereocenters. The van der Waals surface area contributed by atoms with Crippen molar-refractivity contribution in [1.29, 1.82) is 0 Å². The summed E-state index contributed by atoms with van der Waals surface area (Å²) in [6.45, 7) is 0. The van der Waals surface area contributed by atoms with Crippen LogP contribution in [0.3, 0.4) is 0 Å². The molecule has 0 bridgehead atoms. The van der Waals surface area contributed by atoms with Crippen molar-refractivity contribution in [3.05, 3.63) is 58.9 Å². The Kier molecular flexibility index (Phi) is 4.59. The van der Waals surface area contributed by atoms with E-state index in [0.717, 1.165) is 38.1 Å². The minimum atomic E-state index is 0.740. The largest absolute Gasteiger partial charge is 0.332 e. The molecule has 0 atom stereocenters. The highest BCUT2D eigenvalue weighted by molar-refractivity contribution is 7.98. The Morgan fingerprint density at radius 2 is 1.96 bits per heavy atom. The fourth-order valence-corrected chi connectivity index (χ4v) is 4.24. The van der Waals surface area contributed by atoms with E-state index in [1.54, 1.807) is 34.4 Å². The summed E-state index contributed by atoms with van der Waals surface area (Å²) in [6, 6.07) is 14.1. The number of rotatable bonds is 6. The summed E-state index contributed by atoms with van der Waals surface area (Å²) >= 11 is 4.83. The van der Waals surface area contributed by atoms with Gasteiger partial charge in [0.05, 0.1) is 10.6 Å². The lowest BCUT2D eigenvalue weighted by Gasteiger charge is -2.00. The normalized spacial score (nSPS) is 10.8. The van der Waals surface area contributed by atoms with Crippen molar-refractivity contribution in [3.63, 3.8) is 0 Å². The number of H-pyrrole nitrogens is 1. The van der Waals surface area contributed by atoms with Gasteiger partial charge in [0.25, 0.3) is 0 Å². The van der Waals surface area contributed by atoms with Gasteiger partial charge < -0.3 is 5.32 Å². The molecule has 2 N–H and O–H groups in total. The summed E-state index contributed by atoms with van der Waals surface area (Å²) in [5.74, 6) is 1.56. The van der Waals surface area contributed by atoms with Gasteiger partial charge in [-0.3, -0.25) is 5.10 Å². The molecule has 4 rings (SSSR count). The molecule has 1 aromatic carbocycles. The second-order valence-corrected chi connectivity index (χ2v) is 7.62. The summed E-state index contributed by atoms with van der Waals surface area (Å²) in [7, 11) is 0. The van der Waals surface area contributed by atoms with Crippen LogP contribution in [0.5, 0.6) is 0 Å². The first-order valence-corrected chi connectivity index (χ1v) is 9.97. The maximum Gasteiger partial charge on any atom is 0.209 e. The molecule has 0 saturated carbocycles. The van der Waals surface area contributed by atoms with E-state index >= 15 is 0 Å². The summed E-state index contributed by atoms with van der Waals surface area (Å²) < 4.78 is 0. The number of benzene rings is 1. The van der Waals surface area contributed by atoms with Gasteiger partial charge in [-0.1, -0.05) is 36.0 Å². The van der Waals surface area contributed by atoms with E-state index in [9.17, 15) is 0 Å². The molecule has 0 radical (unpaired) electrons. The lowest BCUT2D eigenvalue weighted by Crippen LogP contribution is -1.89. The van der Waals surface area contributed by atoms with Crippen molar-refractivity contribution in [2.45, 2.75) is 10.9 Å². The number of hydrogen-bond donors (Lipinski definition) is 2.